The van der Waals surface area contributed by atoms with Gasteiger partial charge in [-0.1, -0.05) is 59.8 Å². The summed E-state index contributed by atoms with van der Waals surface area (Å²) in [6.45, 7) is 5.03. The van der Waals surface area contributed by atoms with E-state index in [9.17, 15) is 4.79 Å². The number of rotatable bonds is 10. The molecule has 1 amide bonds. The van der Waals surface area contributed by atoms with Crippen molar-refractivity contribution in [2.75, 3.05) is 12.3 Å². The molecule has 0 unspecified atom stereocenters. The fourth-order valence-corrected chi connectivity index (χ4v) is 3.75. The molecule has 3 aromatic rings. The molecule has 0 aliphatic carbocycles. The smallest absolute Gasteiger partial charge is 0.230 e. The van der Waals surface area contributed by atoms with Crippen molar-refractivity contribution in [3.63, 3.8) is 0 Å². The maximum atomic E-state index is 12.2. The number of nitrogens with zero attached hydrogens (tertiary/aromatic N) is 3. The van der Waals surface area contributed by atoms with Crippen LogP contribution in [0.25, 0.3) is 11.4 Å². The van der Waals surface area contributed by atoms with Crippen LogP contribution in [0.1, 0.15) is 12.0 Å². The highest BCUT2D eigenvalue weighted by Crippen LogP contribution is 2.25. The van der Waals surface area contributed by atoms with Gasteiger partial charge in [0.2, 0.25) is 5.91 Å². The zero-order chi connectivity index (χ0) is 20.5. The number of aryl methyl sites for hydroxylation is 1. The summed E-state index contributed by atoms with van der Waals surface area (Å²) < 4.78 is 1.95. The highest BCUT2D eigenvalue weighted by atomic mass is 35.5. The molecule has 0 saturated heterocycles. The first-order chi connectivity index (χ1) is 14.2. The second-order valence-electron chi connectivity index (χ2n) is 6.44. The Balaban J connectivity index is 1.52. The average molecular weight is 427 g/mol. The number of aromatic nitrogens is 3. The van der Waals surface area contributed by atoms with E-state index in [0.29, 0.717) is 29.0 Å². The molecule has 1 N–H and O–H groups in total. The van der Waals surface area contributed by atoms with E-state index in [1.54, 1.807) is 6.08 Å². The standard InChI is InChI=1S/C22H23ClN4OS/c1-2-15-27-21(18-10-12-19(23)13-11-18)25-26-22(27)29-16-20(28)24-14-6-9-17-7-4-3-5-8-17/h2-5,7-8,10-13H,1,6,9,14-16H2,(H,24,28). The highest BCUT2D eigenvalue weighted by Gasteiger charge is 2.14. The summed E-state index contributed by atoms with van der Waals surface area (Å²) >= 11 is 7.34. The Bertz CT molecular complexity index is 941. The molecule has 0 saturated carbocycles. The third kappa shape index (κ3) is 6.21. The van der Waals surface area contributed by atoms with Crippen LogP contribution in [0.5, 0.6) is 0 Å². The number of benzene rings is 2. The van der Waals surface area contributed by atoms with Gasteiger partial charge in [-0.15, -0.1) is 16.8 Å². The van der Waals surface area contributed by atoms with Gasteiger partial charge in [-0.2, -0.15) is 0 Å². The molecule has 7 heteroatoms. The maximum absolute atomic E-state index is 12.2. The lowest BCUT2D eigenvalue weighted by Crippen LogP contribution is -2.26. The fourth-order valence-electron chi connectivity index (χ4n) is 2.85. The number of halogens is 1. The number of hydrogen-bond donors (Lipinski definition) is 1. The summed E-state index contributed by atoms with van der Waals surface area (Å²) in [6.07, 6.45) is 3.65. The van der Waals surface area contributed by atoms with Gasteiger partial charge in [-0.25, -0.2) is 0 Å². The summed E-state index contributed by atoms with van der Waals surface area (Å²) in [5.41, 5.74) is 2.20. The van der Waals surface area contributed by atoms with Crippen LogP contribution in [0.4, 0.5) is 0 Å². The third-order valence-corrected chi connectivity index (χ3v) is 5.49. The molecule has 5 nitrogen and oxygen atoms in total. The van der Waals surface area contributed by atoms with Crippen molar-refractivity contribution in [3.05, 3.63) is 77.8 Å². The molecule has 0 bridgehead atoms. The van der Waals surface area contributed by atoms with Crippen molar-refractivity contribution < 1.29 is 4.79 Å². The first-order valence-corrected chi connectivity index (χ1v) is 10.8. The molecule has 0 aliphatic heterocycles. The summed E-state index contributed by atoms with van der Waals surface area (Å²) in [4.78, 5) is 12.2. The van der Waals surface area contributed by atoms with E-state index >= 15 is 0 Å². The van der Waals surface area contributed by atoms with Gasteiger partial charge >= 0.3 is 0 Å². The van der Waals surface area contributed by atoms with Crippen LogP contribution in [0.2, 0.25) is 5.02 Å². The molecular weight excluding hydrogens is 404 g/mol. The van der Waals surface area contributed by atoms with Crippen LogP contribution >= 0.6 is 23.4 Å². The Kier molecular flexibility index (Phi) is 7.90. The number of nitrogens with one attached hydrogen (secondary N) is 1. The normalized spacial score (nSPS) is 10.7. The largest absolute Gasteiger partial charge is 0.355 e. The van der Waals surface area contributed by atoms with Crippen molar-refractivity contribution in [3.8, 4) is 11.4 Å². The van der Waals surface area contributed by atoms with Gasteiger partial charge in [0.1, 0.15) is 0 Å². The quantitative estimate of drug-likeness (QED) is 0.292. The minimum absolute atomic E-state index is 0.00995. The van der Waals surface area contributed by atoms with Gasteiger partial charge < -0.3 is 5.32 Å². The van der Waals surface area contributed by atoms with Gasteiger partial charge in [0.25, 0.3) is 0 Å². The summed E-state index contributed by atoms with van der Waals surface area (Å²) in [7, 11) is 0. The maximum Gasteiger partial charge on any atom is 0.230 e. The Morgan fingerprint density at radius 1 is 1.14 bits per heavy atom. The van der Waals surface area contributed by atoms with Gasteiger partial charge in [0, 0.05) is 23.7 Å². The predicted octanol–water partition coefficient (Wildman–Crippen LogP) is 4.63. The van der Waals surface area contributed by atoms with Gasteiger partial charge in [0.05, 0.1) is 5.75 Å². The monoisotopic (exact) mass is 426 g/mol. The molecule has 1 heterocycles. The summed E-state index contributed by atoms with van der Waals surface area (Å²) in [6, 6.07) is 17.7. The van der Waals surface area contributed by atoms with Crippen LogP contribution in [0, 0.1) is 0 Å². The van der Waals surface area contributed by atoms with Crippen molar-refractivity contribution in [1.82, 2.24) is 20.1 Å². The number of hydrogen-bond acceptors (Lipinski definition) is 4. The molecule has 0 spiro atoms. The lowest BCUT2D eigenvalue weighted by molar-refractivity contribution is -0.118. The van der Waals surface area contributed by atoms with Gasteiger partial charge in [0.15, 0.2) is 11.0 Å². The molecular formula is C22H23ClN4OS. The number of carbonyl (C=O) groups is 1. The van der Waals surface area contributed by atoms with Crippen LogP contribution in [0.15, 0.2) is 72.4 Å². The molecule has 0 fully saturated rings. The van der Waals surface area contributed by atoms with Crippen molar-refractivity contribution >= 4 is 29.3 Å². The minimum atomic E-state index is -0.00995. The number of carbonyl (C=O) groups excluding carboxylic acids is 1. The first-order valence-electron chi connectivity index (χ1n) is 9.41. The topological polar surface area (TPSA) is 59.8 Å². The van der Waals surface area contributed by atoms with Crippen LogP contribution in [0.3, 0.4) is 0 Å². The SMILES string of the molecule is C=CCn1c(SCC(=O)NCCCc2ccccc2)nnc1-c1ccc(Cl)cc1. The lowest BCUT2D eigenvalue weighted by Gasteiger charge is -2.08. The molecule has 2 aromatic carbocycles. The second kappa shape index (κ2) is 10.8. The molecule has 29 heavy (non-hydrogen) atoms. The van der Waals surface area contributed by atoms with E-state index in [1.165, 1.54) is 17.3 Å². The van der Waals surface area contributed by atoms with E-state index in [4.69, 9.17) is 11.6 Å². The summed E-state index contributed by atoms with van der Waals surface area (Å²) in [5.74, 6) is 1.01. The van der Waals surface area contributed by atoms with E-state index in [1.807, 2.05) is 47.0 Å². The fraction of sp³-hybridized carbons (Fsp3) is 0.227. The molecule has 150 valence electrons. The van der Waals surface area contributed by atoms with Crippen LogP contribution in [-0.2, 0) is 17.8 Å². The Morgan fingerprint density at radius 2 is 1.90 bits per heavy atom. The predicted molar refractivity (Wildman–Crippen MR) is 119 cm³/mol. The van der Waals surface area contributed by atoms with Crippen LogP contribution < -0.4 is 5.32 Å². The van der Waals surface area contributed by atoms with E-state index < -0.39 is 0 Å². The first kappa shape index (κ1) is 21.1. The van der Waals surface area contributed by atoms with E-state index in [-0.39, 0.29) is 5.91 Å². The number of thioether (sulfide) groups is 1. The molecule has 0 radical (unpaired) electrons. The highest BCUT2D eigenvalue weighted by molar-refractivity contribution is 7.99. The Morgan fingerprint density at radius 3 is 2.62 bits per heavy atom. The Hall–Kier alpha value is -2.57. The molecule has 1 aromatic heterocycles. The lowest BCUT2D eigenvalue weighted by atomic mass is 10.1. The van der Waals surface area contributed by atoms with Crippen molar-refractivity contribution in [2.24, 2.45) is 0 Å². The zero-order valence-corrected chi connectivity index (χ0v) is 17.6. The zero-order valence-electron chi connectivity index (χ0n) is 16.1. The van der Waals surface area contributed by atoms with E-state index in [0.717, 1.165) is 24.2 Å². The number of amides is 1. The Labute approximate surface area is 180 Å². The van der Waals surface area contributed by atoms with Gasteiger partial charge in [-0.3, -0.25) is 9.36 Å². The molecule has 0 atom stereocenters. The second-order valence-corrected chi connectivity index (χ2v) is 7.82. The number of allylic oxidation sites excluding steroid dienone is 1. The van der Waals surface area contributed by atoms with Crippen molar-refractivity contribution in [2.45, 2.75) is 24.5 Å². The summed E-state index contributed by atoms with van der Waals surface area (Å²) in [5, 5.41) is 12.9. The third-order valence-electron chi connectivity index (χ3n) is 4.27. The van der Waals surface area contributed by atoms with E-state index in [2.05, 4.69) is 34.2 Å². The molecule has 0 aliphatic rings. The average Bonchev–Trinajstić information content (AvgIpc) is 3.14. The van der Waals surface area contributed by atoms with Crippen molar-refractivity contribution in [1.29, 1.82) is 0 Å². The van der Waals surface area contributed by atoms with Gasteiger partial charge in [-0.05, 0) is 42.7 Å². The molecule has 3 rings (SSSR count). The van der Waals surface area contributed by atoms with Crippen LogP contribution in [-0.4, -0.2) is 33.0 Å². The minimum Gasteiger partial charge on any atom is -0.355 e.